The van der Waals surface area contributed by atoms with E-state index in [4.69, 9.17) is 9.47 Å². The third-order valence-corrected chi connectivity index (χ3v) is 6.14. The molecule has 0 amide bonds. The number of thioether (sulfide) groups is 1. The van der Waals surface area contributed by atoms with Gasteiger partial charge in [0.1, 0.15) is 11.6 Å². The molecule has 0 saturated carbocycles. The van der Waals surface area contributed by atoms with Crippen molar-refractivity contribution >= 4 is 17.3 Å². The second-order valence-corrected chi connectivity index (χ2v) is 9.24. The van der Waals surface area contributed by atoms with Crippen molar-refractivity contribution in [2.24, 2.45) is 0 Å². The summed E-state index contributed by atoms with van der Waals surface area (Å²) >= 11 is 1.98. The van der Waals surface area contributed by atoms with Gasteiger partial charge >= 0.3 is 6.18 Å². The predicted molar refractivity (Wildman–Crippen MR) is 143 cm³/mol. The first-order chi connectivity index (χ1) is 17.2. The highest BCUT2D eigenvalue weighted by atomic mass is 32.2. The second kappa shape index (κ2) is 17.0. The molecule has 2 aromatic rings. The fraction of sp³-hybridized carbons (Fsp3) is 0.481. The Kier molecular flexibility index (Phi) is 14.9. The van der Waals surface area contributed by atoms with Gasteiger partial charge in [0.05, 0.1) is 36.9 Å². The molecule has 0 aliphatic carbocycles. The van der Waals surface area contributed by atoms with Gasteiger partial charge in [-0.2, -0.15) is 24.9 Å². The van der Waals surface area contributed by atoms with Crippen molar-refractivity contribution in [1.29, 1.82) is 0 Å². The molecule has 0 saturated heterocycles. The Labute approximate surface area is 217 Å². The van der Waals surface area contributed by atoms with Crippen LogP contribution in [0.1, 0.15) is 68.7 Å². The number of unbranched alkanes of at least 4 members (excludes halogenated alkanes) is 1. The summed E-state index contributed by atoms with van der Waals surface area (Å²) in [7, 11) is 3.09. The number of methoxy groups -OCH3 is 2. The third kappa shape index (κ3) is 11.5. The smallest absolute Gasteiger partial charge is 0.417 e. The summed E-state index contributed by atoms with van der Waals surface area (Å²) in [5.41, 5.74) is 1.79. The van der Waals surface area contributed by atoms with Crippen molar-refractivity contribution in [2.75, 3.05) is 25.7 Å². The number of aromatic amines is 1. The summed E-state index contributed by atoms with van der Waals surface area (Å²) in [5, 5.41) is 0. The summed E-state index contributed by atoms with van der Waals surface area (Å²) in [6.07, 6.45) is 8.02. The highest BCUT2D eigenvalue weighted by molar-refractivity contribution is 7.99. The van der Waals surface area contributed by atoms with Gasteiger partial charge < -0.3 is 14.5 Å². The largest absolute Gasteiger partial charge is 0.497 e. The van der Waals surface area contributed by atoms with Gasteiger partial charge in [0.2, 0.25) is 0 Å². The Balaban J connectivity index is 0.000000420. The lowest BCUT2D eigenvalue weighted by Gasteiger charge is -2.13. The maximum atomic E-state index is 12.0. The Bertz CT molecular complexity index is 946. The fourth-order valence-electron chi connectivity index (χ4n) is 3.15. The molecule has 2 rings (SSSR count). The molecule has 36 heavy (non-hydrogen) atoms. The number of nitrogens with one attached hydrogen (secondary N) is 1. The van der Waals surface area contributed by atoms with E-state index in [1.54, 1.807) is 7.11 Å². The topological polar surface area (TPSA) is 60.0 Å². The lowest BCUT2D eigenvalue weighted by molar-refractivity contribution is -0.137. The Morgan fingerprint density at radius 2 is 1.94 bits per heavy atom. The Hall–Kier alpha value is -2.52. The average Bonchev–Trinajstić information content (AvgIpc) is 3.34. The van der Waals surface area contributed by atoms with Crippen LogP contribution in [-0.2, 0) is 22.3 Å². The molecule has 0 aliphatic heterocycles. The fourth-order valence-corrected chi connectivity index (χ4v) is 4.00. The van der Waals surface area contributed by atoms with Crippen LogP contribution in [-0.4, -0.2) is 40.7 Å². The molecule has 2 aromatic heterocycles. The molecule has 1 atom stereocenters. The number of rotatable bonds is 13. The molecule has 0 fully saturated rings. The number of nitrogens with zero attached hydrogens (tertiary/aromatic N) is 2. The standard InChI is InChI=1S/C19H30N2OS.C8H8F3NO/c1-6-9-11-17(14-23-8-3)19-20-13-18(21-19)16(10-7-2)12-15(4)22-5;1-13-5-7-3-2-6(4-12-7)8(9,10)11/h7,10,12-13,17H,4,6,8-9,11,14H2,1-3,5H3,(H,20,21);2-4H,5H2,1H3/b10-7-,16-12+;. The zero-order valence-corrected chi connectivity index (χ0v) is 22.6. The number of alkyl halides is 3. The molecule has 200 valence electrons. The van der Waals surface area contributed by atoms with Crippen molar-refractivity contribution in [1.82, 2.24) is 15.0 Å². The van der Waals surface area contributed by atoms with Crippen LogP contribution in [0.15, 0.2) is 55.1 Å². The highest BCUT2D eigenvalue weighted by Gasteiger charge is 2.30. The summed E-state index contributed by atoms with van der Waals surface area (Å²) in [4.78, 5) is 11.7. The number of imidazole rings is 1. The van der Waals surface area contributed by atoms with Crippen LogP contribution in [0.3, 0.4) is 0 Å². The van der Waals surface area contributed by atoms with Crippen LogP contribution in [0.2, 0.25) is 0 Å². The van der Waals surface area contributed by atoms with Crippen molar-refractivity contribution in [2.45, 2.75) is 58.7 Å². The minimum atomic E-state index is -4.32. The minimum absolute atomic E-state index is 0.220. The Morgan fingerprint density at radius 1 is 1.19 bits per heavy atom. The molecule has 9 heteroatoms. The van der Waals surface area contributed by atoms with Crippen molar-refractivity contribution in [3.05, 3.63) is 77.9 Å². The number of allylic oxidation sites excluding steroid dienone is 4. The SMILES string of the molecule is C=C(/C=C(\C=C/C)c1cnc(C(CCCC)CSCC)[nH]1)OC.COCc1ccc(C(F)(F)F)cn1. The van der Waals surface area contributed by atoms with E-state index in [2.05, 4.69) is 35.4 Å². The van der Waals surface area contributed by atoms with Crippen LogP contribution in [0.4, 0.5) is 13.2 Å². The number of hydrogen-bond donors (Lipinski definition) is 1. The van der Waals surface area contributed by atoms with Crippen LogP contribution < -0.4 is 0 Å². The molecule has 2 heterocycles. The zero-order valence-electron chi connectivity index (χ0n) is 21.8. The third-order valence-electron chi connectivity index (χ3n) is 5.09. The molecule has 1 unspecified atom stereocenters. The van der Waals surface area contributed by atoms with Crippen LogP contribution in [0.25, 0.3) is 5.57 Å². The maximum absolute atomic E-state index is 12.0. The highest BCUT2D eigenvalue weighted by Crippen LogP contribution is 2.28. The molecule has 5 nitrogen and oxygen atoms in total. The predicted octanol–water partition coefficient (Wildman–Crippen LogP) is 7.80. The molecular weight excluding hydrogens is 487 g/mol. The number of H-pyrrole nitrogens is 1. The maximum Gasteiger partial charge on any atom is 0.417 e. The second-order valence-electron chi connectivity index (χ2n) is 7.92. The van der Waals surface area contributed by atoms with Crippen molar-refractivity contribution in [3.63, 3.8) is 0 Å². The van der Waals surface area contributed by atoms with Crippen LogP contribution >= 0.6 is 11.8 Å². The van der Waals surface area contributed by atoms with E-state index in [1.807, 2.05) is 43.1 Å². The van der Waals surface area contributed by atoms with E-state index in [0.717, 1.165) is 40.9 Å². The first kappa shape index (κ1) is 31.5. The first-order valence-electron chi connectivity index (χ1n) is 11.9. The van der Waals surface area contributed by atoms with Crippen molar-refractivity contribution in [3.8, 4) is 0 Å². The number of hydrogen-bond acceptors (Lipinski definition) is 5. The number of halogens is 3. The molecule has 0 bridgehead atoms. The average molecular weight is 526 g/mol. The van der Waals surface area contributed by atoms with Gasteiger partial charge in [-0.25, -0.2) is 4.98 Å². The normalized spacial score (nSPS) is 12.8. The molecule has 0 aliphatic rings. The molecule has 0 radical (unpaired) electrons. The van der Waals surface area contributed by atoms with Gasteiger partial charge in [-0.3, -0.25) is 4.98 Å². The zero-order chi connectivity index (χ0) is 27.0. The minimum Gasteiger partial charge on any atom is -0.497 e. The Morgan fingerprint density at radius 3 is 2.47 bits per heavy atom. The summed E-state index contributed by atoms with van der Waals surface area (Å²) in [6.45, 7) is 10.5. The summed E-state index contributed by atoms with van der Waals surface area (Å²) in [6, 6.07) is 2.29. The van der Waals surface area contributed by atoms with E-state index in [9.17, 15) is 13.2 Å². The van der Waals surface area contributed by atoms with Crippen LogP contribution in [0.5, 0.6) is 0 Å². The lowest BCUT2D eigenvalue weighted by atomic mass is 10.0. The van der Waals surface area contributed by atoms with Gasteiger partial charge in [0.15, 0.2) is 0 Å². The van der Waals surface area contributed by atoms with E-state index < -0.39 is 11.7 Å². The van der Waals surface area contributed by atoms with Crippen LogP contribution in [0, 0.1) is 0 Å². The van der Waals surface area contributed by atoms with Gasteiger partial charge in [-0.15, -0.1) is 0 Å². The van der Waals surface area contributed by atoms with E-state index in [-0.39, 0.29) is 6.61 Å². The summed E-state index contributed by atoms with van der Waals surface area (Å²) < 4.78 is 46.0. The molecule has 0 aromatic carbocycles. The van der Waals surface area contributed by atoms with Gasteiger partial charge in [-0.05, 0) is 37.3 Å². The number of ether oxygens (including phenoxy) is 2. The molecule has 0 spiro atoms. The van der Waals surface area contributed by atoms with Gasteiger partial charge in [-0.1, -0.05) is 45.4 Å². The summed E-state index contributed by atoms with van der Waals surface area (Å²) in [5.74, 6) is 4.49. The number of aromatic nitrogens is 3. The molecular formula is C27H38F3N3O2S. The molecule has 1 N–H and O–H groups in total. The lowest BCUT2D eigenvalue weighted by Crippen LogP contribution is -2.06. The first-order valence-corrected chi connectivity index (χ1v) is 13.1. The van der Waals surface area contributed by atoms with Crippen molar-refractivity contribution < 1.29 is 22.6 Å². The van der Waals surface area contributed by atoms with Gasteiger partial charge in [0, 0.05) is 30.6 Å². The van der Waals surface area contributed by atoms with E-state index in [1.165, 1.54) is 32.4 Å². The quantitative estimate of drug-likeness (QED) is 0.214. The van der Waals surface area contributed by atoms with Gasteiger partial charge in [0.25, 0.3) is 0 Å². The number of pyridine rings is 1. The van der Waals surface area contributed by atoms with E-state index >= 15 is 0 Å². The monoisotopic (exact) mass is 525 g/mol. The van der Waals surface area contributed by atoms with E-state index in [0.29, 0.717) is 17.4 Å².